The molecule has 0 atom stereocenters. The summed E-state index contributed by atoms with van der Waals surface area (Å²) >= 11 is 5.89. The third kappa shape index (κ3) is 3.06. The molecule has 0 aliphatic rings. The van der Waals surface area contributed by atoms with Crippen LogP contribution in [0.1, 0.15) is 0 Å². The highest BCUT2D eigenvalue weighted by Gasteiger charge is 2.20. The van der Waals surface area contributed by atoms with E-state index in [0.717, 1.165) is 18.2 Å². The number of nitro benzene ring substituents is 2. The summed E-state index contributed by atoms with van der Waals surface area (Å²) in [5, 5.41) is 29.9. The van der Waals surface area contributed by atoms with E-state index in [2.05, 4.69) is 10.2 Å². The number of rotatable bonds is 4. The van der Waals surface area contributed by atoms with Crippen LogP contribution in [-0.2, 0) is 0 Å². The number of benzene rings is 2. The maximum atomic E-state index is 10.9. The molecule has 0 bridgehead atoms. The first-order valence-electron chi connectivity index (χ1n) is 6.48. The van der Waals surface area contributed by atoms with Crippen LogP contribution in [0.2, 0.25) is 5.02 Å². The average molecular weight is 347 g/mol. The molecule has 0 fully saturated rings. The molecule has 3 aromatic rings. The van der Waals surface area contributed by atoms with Crippen molar-refractivity contribution in [3.63, 3.8) is 0 Å². The minimum absolute atomic E-state index is 0.0724. The molecule has 120 valence electrons. The molecule has 10 heteroatoms. The molecule has 24 heavy (non-hydrogen) atoms. The standard InChI is InChI=1S/C14H7ClN4O5/c15-10-3-1-2-8(4-10)13-16-17-14(24-13)9-5-11(18(20)21)7-12(6-9)19(22)23/h1-7H. The van der Waals surface area contributed by atoms with E-state index in [1.165, 1.54) is 0 Å². The number of nitrogens with zero attached hydrogens (tertiary/aromatic N) is 4. The van der Waals surface area contributed by atoms with Crippen LogP contribution >= 0.6 is 11.6 Å². The molecule has 9 nitrogen and oxygen atoms in total. The van der Waals surface area contributed by atoms with Crippen molar-refractivity contribution in [3.05, 3.63) is 67.7 Å². The van der Waals surface area contributed by atoms with Crippen LogP contribution in [0, 0.1) is 20.2 Å². The summed E-state index contributed by atoms with van der Waals surface area (Å²) in [7, 11) is 0. The van der Waals surface area contributed by atoms with Gasteiger partial charge in [0.15, 0.2) is 0 Å². The largest absolute Gasteiger partial charge is 0.416 e. The van der Waals surface area contributed by atoms with Gasteiger partial charge in [-0.1, -0.05) is 17.7 Å². The van der Waals surface area contributed by atoms with Gasteiger partial charge in [0.1, 0.15) is 0 Å². The van der Waals surface area contributed by atoms with Crippen molar-refractivity contribution in [2.45, 2.75) is 0 Å². The third-order valence-electron chi connectivity index (χ3n) is 3.07. The molecule has 0 N–H and O–H groups in total. The highest BCUT2D eigenvalue weighted by atomic mass is 35.5. The summed E-state index contributed by atoms with van der Waals surface area (Å²) in [4.78, 5) is 20.4. The minimum Gasteiger partial charge on any atom is -0.416 e. The number of non-ortho nitro benzene ring substituents is 2. The van der Waals surface area contributed by atoms with Crippen LogP contribution in [0.4, 0.5) is 11.4 Å². The second-order valence-corrected chi connectivity index (χ2v) is 5.11. The summed E-state index contributed by atoms with van der Waals surface area (Å²) in [6.07, 6.45) is 0. The van der Waals surface area contributed by atoms with Crippen LogP contribution < -0.4 is 0 Å². The van der Waals surface area contributed by atoms with E-state index < -0.39 is 21.2 Å². The lowest BCUT2D eigenvalue weighted by atomic mass is 10.1. The Balaban J connectivity index is 2.06. The van der Waals surface area contributed by atoms with E-state index in [9.17, 15) is 20.2 Å². The molecular formula is C14H7ClN4O5. The molecule has 0 amide bonds. The van der Waals surface area contributed by atoms with Gasteiger partial charge in [-0.2, -0.15) is 0 Å². The van der Waals surface area contributed by atoms with Crippen LogP contribution in [0.5, 0.6) is 0 Å². The van der Waals surface area contributed by atoms with Crippen LogP contribution in [0.15, 0.2) is 46.9 Å². The molecule has 0 aliphatic heterocycles. The van der Waals surface area contributed by atoms with Crippen molar-refractivity contribution >= 4 is 23.0 Å². The quantitative estimate of drug-likeness (QED) is 0.518. The highest BCUT2D eigenvalue weighted by Crippen LogP contribution is 2.31. The number of halogens is 1. The number of nitro groups is 2. The molecule has 1 heterocycles. The van der Waals surface area contributed by atoms with Crippen molar-refractivity contribution in [3.8, 4) is 22.9 Å². The molecule has 1 aromatic heterocycles. The van der Waals surface area contributed by atoms with Crippen LogP contribution in [0.25, 0.3) is 22.9 Å². The average Bonchev–Trinajstić information content (AvgIpc) is 3.04. The minimum atomic E-state index is -0.731. The van der Waals surface area contributed by atoms with Gasteiger partial charge in [-0.05, 0) is 18.2 Å². The van der Waals surface area contributed by atoms with Crippen molar-refractivity contribution in [1.29, 1.82) is 0 Å². The van der Waals surface area contributed by atoms with Gasteiger partial charge in [0.2, 0.25) is 11.8 Å². The predicted octanol–water partition coefficient (Wildman–Crippen LogP) is 3.87. The van der Waals surface area contributed by atoms with E-state index >= 15 is 0 Å². The van der Waals surface area contributed by atoms with Crippen molar-refractivity contribution in [2.75, 3.05) is 0 Å². The Morgan fingerprint density at radius 2 is 1.46 bits per heavy atom. The second kappa shape index (κ2) is 6.05. The molecule has 3 rings (SSSR count). The highest BCUT2D eigenvalue weighted by molar-refractivity contribution is 6.30. The van der Waals surface area contributed by atoms with Gasteiger partial charge in [-0.15, -0.1) is 10.2 Å². The van der Waals surface area contributed by atoms with Gasteiger partial charge in [0.25, 0.3) is 11.4 Å². The first-order chi connectivity index (χ1) is 11.4. The number of hydrogen-bond acceptors (Lipinski definition) is 7. The Labute approximate surface area is 138 Å². The van der Waals surface area contributed by atoms with Gasteiger partial charge in [-0.3, -0.25) is 20.2 Å². The molecular weight excluding hydrogens is 340 g/mol. The molecule has 0 unspecified atom stereocenters. The Kier molecular flexibility index (Phi) is 3.92. The Hall–Kier alpha value is -3.33. The van der Waals surface area contributed by atoms with Gasteiger partial charge in [-0.25, -0.2) is 0 Å². The van der Waals surface area contributed by atoms with E-state index in [4.69, 9.17) is 16.0 Å². The molecule has 0 saturated heterocycles. The van der Waals surface area contributed by atoms with E-state index in [0.29, 0.717) is 10.6 Å². The van der Waals surface area contributed by atoms with Crippen molar-refractivity contribution < 1.29 is 14.3 Å². The summed E-state index contributed by atoms with van der Waals surface area (Å²) < 4.78 is 5.45. The van der Waals surface area contributed by atoms with Crippen LogP contribution in [0.3, 0.4) is 0 Å². The lowest BCUT2D eigenvalue weighted by Gasteiger charge is -1.98. The predicted molar refractivity (Wildman–Crippen MR) is 83.5 cm³/mol. The fraction of sp³-hybridized carbons (Fsp3) is 0. The zero-order chi connectivity index (χ0) is 17.3. The Morgan fingerprint density at radius 3 is 2.00 bits per heavy atom. The van der Waals surface area contributed by atoms with E-state index in [1.807, 2.05) is 0 Å². The number of hydrogen-bond donors (Lipinski definition) is 0. The first kappa shape index (κ1) is 15.6. The molecule has 0 saturated carbocycles. The third-order valence-corrected chi connectivity index (χ3v) is 3.30. The second-order valence-electron chi connectivity index (χ2n) is 4.68. The maximum absolute atomic E-state index is 10.9. The lowest BCUT2D eigenvalue weighted by molar-refractivity contribution is -0.394. The smallest absolute Gasteiger partial charge is 0.277 e. The molecule has 2 aromatic carbocycles. The number of aromatic nitrogens is 2. The summed E-state index contributed by atoms with van der Waals surface area (Å²) in [5.74, 6) is 0.0680. The molecule has 0 spiro atoms. The normalized spacial score (nSPS) is 10.5. The van der Waals surface area contributed by atoms with Gasteiger partial charge in [0, 0.05) is 22.7 Å². The fourth-order valence-corrected chi connectivity index (χ4v) is 2.20. The van der Waals surface area contributed by atoms with Crippen molar-refractivity contribution in [1.82, 2.24) is 10.2 Å². The SMILES string of the molecule is O=[N+]([O-])c1cc(-c2nnc(-c3cccc(Cl)c3)o2)cc([N+](=O)[O-])c1. The van der Waals surface area contributed by atoms with E-state index in [-0.39, 0.29) is 17.3 Å². The topological polar surface area (TPSA) is 125 Å². The van der Waals surface area contributed by atoms with Crippen molar-refractivity contribution in [2.24, 2.45) is 0 Å². The monoisotopic (exact) mass is 346 g/mol. The lowest BCUT2D eigenvalue weighted by Crippen LogP contribution is -1.94. The van der Waals surface area contributed by atoms with Gasteiger partial charge < -0.3 is 4.42 Å². The summed E-state index contributed by atoms with van der Waals surface area (Å²) in [6.45, 7) is 0. The first-order valence-corrected chi connectivity index (χ1v) is 6.85. The molecule has 0 radical (unpaired) electrons. The fourth-order valence-electron chi connectivity index (χ4n) is 2.01. The maximum Gasteiger partial charge on any atom is 0.277 e. The van der Waals surface area contributed by atoms with Gasteiger partial charge >= 0.3 is 0 Å². The van der Waals surface area contributed by atoms with Crippen LogP contribution in [-0.4, -0.2) is 20.0 Å². The zero-order valence-electron chi connectivity index (χ0n) is 11.7. The van der Waals surface area contributed by atoms with E-state index in [1.54, 1.807) is 24.3 Å². The summed E-state index contributed by atoms with van der Waals surface area (Å²) in [6, 6.07) is 9.78. The summed E-state index contributed by atoms with van der Waals surface area (Å²) in [5.41, 5.74) is -0.249. The zero-order valence-corrected chi connectivity index (χ0v) is 12.5. The Morgan fingerprint density at radius 1 is 0.875 bits per heavy atom. The van der Waals surface area contributed by atoms with Gasteiger partial charge in [0.05, 0.1) is 21.5 Å². The Bertz CT molecular complexity index is 924. The molecule has 0 aliphatic carbocycles.